The lowest BCUT2D eigenvalue weighted by Crippen LogP contribution is -2.40. The zero-order valence-electron chi connectivity index (χ0n) is 11.6. The molecule has 1 aromatic carbocycles. The molecule has 1 aliphatic rings. The highest BCUT2D eigenvalue weighted by atomic mass is 79.9. The van der Waals surface area contributed by atoms with Crippen LogP contribution in [-0.2, 0) is 0 Å². The Morgan fingerprint density at radius 2 is 2.05 bits per heavy atom. The number of piperidine rings is 1. The highest BCUT2D eigenvalue weighted by Crippen LogP contribution is 2.22. The van der Waals surface area contributed by atoms with E-state index in [0.29, 0.717) is 17.6 Å². The molecule has 2 nitrogen and oxygen atoms in total. The van der Waals surface area contributed by atoms with Gasteiger partial charge in [0.25, 0.3) is 0 Å². The fourth-order valence-electron chi connectivity index (χ4n) is 2.60. The Bertz CT molecular complexity index is 415. The zero-order chi connectivity index (χ0) is 13.8. The van der Waals surface area contributed by atoms with Crippen LogP contribution in [-0.4, -0.2) is 30.6 Å². The second kappa shape index (κ2) is 6.71. The largest absolute Gasteiger partial charge is 0.380 e. The van der Waals surface area contributed by atoms with E-state index in [1.165, 1.54) is 12.6 Å². The van der Waals surface area contributed by atoms with Gasteiger partial charge in [0.1, 0.15) is 5.82 Å². The molecule has 1 heterocycles. The summed E-state index contributed by atoms with van der Waals surface area (Å²) in [5.41, 5.74) is 0.616. The molecule has 0 amide bonds. The summed E-state index contributed by atoms with van der Waals surface area (Å²) in [6, 6.07) is 5.58. The highest BCUT2D eigenvalue weighted by molar-refractivity contribution is 9.10. The maximum atomic E-state index is 13.8. The number of likely N-dealkylation sites (tertiary alicyclic amines) is 1. The topological polar surface area (TPSA) is 15.3 Å². The third-order valence-corrected chi connectivity index (χ3v) is 3.99. The molecular formula is C15H22BrFN2. The Hall–Kier alpha value is -0.610. The summed E-state index contributed by atoms with van der Waals surface area (Å²) in [5, 5.41) is 3.33. The van der Waals surface area contributed by atoms with Crippen LogP contribution < -0.4 is 5.32 Å². The van der Waals surface area contributed by atoms with Gasteiger partial charge in [-0.25, -0.2) is 4.39 Å². The lowest BCUT2D eigenvalue weighted by Gasteiger charge is -2.33. The van der Waals surface area contributed by atoms with Gasteiger partial charge in [-0.05, 0) is 37.0 Å². The molecule has 0 radical (unpaired) electrons. The van der Waals surface area contributed by atoms with Gasteiger partial charge in [0.2, 0.25) is 0 Å². The minimum atomic E-state index is -0.181. The maximum absolute atomic E-state index is 13.8. The van der Waals surface area contributed by atoms with Gasteiger partial charge < -0.3 is 10.2 Å². The molecule has 1 N–H and O–H groups in total. The van der Waals surface area contributed by atoms with Gasteiger partial charge in [-0.2, -0.15) is 0 Å². The average molecular weight is 329 g/mol. The van der Waals surface area contributed by atoms with E-state index in [4.69, 9.17) is 0 Å². The van der Waals surface area contributed by atoms with Crippen LogP contribution in [0.5, 0.6) is 0 Å². The van der Waals surface area contributed by atoms with Gasteiger partial charge in [-0.15, -0.1) is 0 Å². The molecule has 0 saturated carbocycles. The third-order valence-electron chi connectivity index (χ3n) is 3.50. The summed E-state index contributed by atoms with van der Waals surface area (Å²) in [6.45, 7) is 7.88. The van der Waals surface area contributed by atoms with Crippen LogP contribution in [0.1, 0.15) is 26.7 Å². The number of anilines is 1. The summed E-state index contributed by atoms with van der Waals surface area (Å²) in [7, 11) is 0. The molecule has 1 saturated heterocycles. The van der Waals surface area contributed by atoms with Gasteiger partial charge in [0.05, 0.1) is 5.69 Å². The van der Waals surface area contributed by atoms with E-state index >= 15 is 0 Å². The van der Waals surface area contributed by atoms with E-state index in [9.17, 15) is 4.39 Å². The molecule has 0 atom stereocenters. The van der Waals surface area contributed by atoms with E-state index in [2.05, 4.69) is 40.0 Å². The lowest BCUT2D eigenvalue weighted by molar-refractivity contribution is 0.198. The predicted octanol–water partition coefficient (Wildman–Crippen LogP) is 4.12. The van der Waals surface area contributed by atoms with Crippen LogP contribution in [0, 0.1) is 11.7 Å². The van der Waals surface area contributed by atoms with E-state index < -0.39 is 0 Å². The fraction of sp³-hybridized carbons (Fsp3) is 0.600. The van der Waals surface area contributed by atoms with E-state index in [1.807, 2.05) is 6.07 Å². The molecule has 1 fully saturated rings. The first-order valence-corrected chi connectivity index (χ1v) is 7.78. The Morgan fingerprint density at radius 1 is 1.37 bits per heavy atom. The molecule has 0 bridgehead atoms. The average Bonchev–Trinajstić information content (AvgIpc) is 2.34. The van der Waals surface area contributed by atoms with Crippen LogP contribution in [0.25, 0.3) is 0 Å². The van der Waals surface area contributed by atoms with Gasteiger partial charge >= 0.3 is 0 Å². The fourth-order valence-corrected chi connectivity index (χ4v) is 2.94. The number of benzene rings is 1. The minimum absolute atomic E-state index is 0.181. The van der Waals surface area contributed by atoms with Crippen LogP contribution in [0.2, 0.25) is 0 Å². The third kappa shape index (κ3) is 4.46. The van der Waals surface area contributed by atoms with Crippen molar-refractivity contribution in [2.45, 2.75) is 32.7 Å². The summed E-state index contributed by atoms with van der Waals surface area (Å²) in [4.78, 5) is 2.50. The SMILES string of the molecule is CC(C)CN1CCC(Nc2ccc(Br)cc2F)CC1. The Morgan fingerprint density at radius 3 is 2.63 bits per heavy atom. The number of nitrogens with one attached hydrogen (secondary N) is 1. The minimum Gasteiger partial charge on any atom is -0.380 e. The number of halogens is 2. The van der Waals surface area contributed by atoms with Crippen LogP contribution >= 0.6 is 15.9 Å². The second-order valence-corrected chi connectivity index (χ2v) is 6.65. The monoisotopic (exact) mass is 328 g/mol. The first-order valence-electron chi connectivity index (χ1n) is 6.98. The van der Waals surface area contributed by atoms with Crippen LogP contribution in [0.15, 0.2) is 22.7 Å². The van der Waals surface area contributed by atoms with Crippen molar-refractivity contribution in [1.82, 2.24) is 4.90 Å². The van der Waals surface area contributed by atoms with Crippen LogP contribution in [0.4, 0.5) is 10.1 Å². The molecule has 4 heteroatoms. The molecule has 19 heavy (non-hydrogen) atoms. The summed E-state index contributed by atoms with van der Waals surface area (Å²) >= 11 is 3.28. The summed E-state index contributed by atoms with van der Waals surface area (Å²) < 4.78 is 14.5. The number of nitrogens with zero attached hydrogens (tertiary/aromatic N) is 1. The summed E-state index contributed by atoms with van der Waals surface area (Å²) in [6.07, 6.45) is 2.17. The van der Waals surface area contributed by atoms with Crippen molar-refractivity contribution in [2.24, 2.45) is 5.92 Å². The molecule has 1 aliphatic heterocycles. The van der Waals surface area contributed by atoms with Crippen molar-refractivity contribution in [3.8, 4) is 0 Å². The smallest absolute Gasteiger partial charge is 0.147 e. The molecule has 1 aromatic rings. The Balaban J connectivity index is 1.85. The standard InChI is InChI=1S/C15H22BrFN2/c1-11(2)10-19-7-5-13(6-8-19)18-15-4-3-12(16)9-14(15)17/h3-4,9,11,13,18H,5-8,10H2,1-2H3. The normalized spacial score (nSPS) is 17.9. The van der Waals surface area contributed by atoms with Crippen molar-refractivity contribution in [3.05, 3.63) is 28.5 Å². The molecule has 0 spiro atoms. The molecule has 0 aromatic heterocycles. The first-order chi connectivity index (χ1) is 9.04. The van der Waals surface area contributed by atoms with Crippen molar-refractivity contribution >= 4 is 21.6 Å². The molecular weight excluding hydrogens is 307 g/mol. The predicted molar refractivity (Wildman–Crippen MR) is 82.0 cm³/mol. The molecule has 0 unspecified atom stereocenters. The second-order valence-electron chi connectivity index (χ2n) is 5.74. The maximum Gasteiger partial charge on any atom is 0.147 e. The molecule has 2 rings (SSSR count). The van der Waals surface area contributed by atoms with Gasteiger partial charge in [0, 0.05) is 30.1 Å². The van der Waals surface area contributed by atoms with Crippen molar-refractivity contribution in [3.63, 3.8) is 0 Å². The van der Waals surface area contributed by atoms with Crippen molar-refractivity contribution in [2.75, 3.05) is 25.0 Å². The molecule has 0 aliphatic carbocycles. The first kappa shape index (κ1) is 14.8. The number of hydrogen-bond donors (Lipinski definition) is 1. The summed E-state index contributed by atoms with van der Waals surface area (Å²) in [5.74, 6) is 0.535. The number of rotatable bonds is 4. The van der Waals surface area contributed by atoms with E-state index in [1.54, 1.807) is 6.07 Å². The van der Waals surface area contributed by atoms with Gasteiger partial charge in [0.15, 0.2) is 0 Å². The highest BCUT2D eigenvalue weighted by Gasteiger charge is 2.20. The number of hydrogen-bond acceptors (Lipinski definition) is 2. The van der Waals surface area contributed by atoms with E-state index in [-0.39, 0.29) is 5.82 Å². The van der Waals surface area contributed by atoms with Gasteiger partial charge in [-0.3, -0.25) is 0 Å². The zero-order valence-corrected chi connectivity index (χ0v) is 13.2. The lowest BCUT2D eigenvalue weighted by atomic mass is 10.0. The molecule has 106 valence electrons. The van der Waals surface area contributed by atoms with Crippen LogP contribution in [0.3, 0.4) is 0 Å². The van der Waals surface area contributed by atoms with Crippen molar-refractivity contribution in [1.29, 1.82) is 0 Å². The van der Waals surface area contributed by atoms with E-state index in [0.717, 1.165) is 30.4 Å². The quantitative estimate of drug-likeness (QED) is 0.894. The Labute approximate surface area is 123 Å². The van der Waals surface area contributed by atoms with Gasteiger partial charge in [-0.1, -0.05) is 29.8 Å². The van der Waals surface area contributed by atoms with Crippen molar-refractivity contribution < 1.29 is 4.39 Å². The Kier molecular flexibility index (Phi) is 5.22.